The Morgan fingerprint density at radius 3 is 2.62 bits per heavy atom. The number of amides is 1. The summed E-state index contributed by atoms with van der Waals surface area (Å²) in [6.45, 7) is 4.42. The summed E-state index contributed by atoms with van der Waals surface area (Å²) in [5.41, 5.74) is 1.69. The number of aliphatic hydroxyl groups excluding tert-OH is 1. The van der Waals surface area contributed by atoms with E-state index in [2.05, 4.69) is 19.2 Å². The van der Waals surface area contributed by atoms with Crippen LogP contribution in [-0.4, -0.2) is 28.2 Å². The number of para-hydroxylation sites is 1. The van der Waals surface area contributed by atoms with Crippen LogP contribution in [0.2, 0.25) is 0 Å². The number of hydrogen-bond acceptors (Lipinski definition) is 2. The molecule has 2 rings (SSSR count). The Bertz CT molecular complexity index is 614. The molecule has 114 valence electrons. The molecule has 0 aliphatic carbocycles. The van der Waals surface area contributed by atoms with Crippen molar-refractivity contribution in [2.75, 3.05) is 6.54 Å². The van der Waals surface area contributed by atoms with Gasteiger partial charge in [-0.3, -0.25) is 4.79 Å². The van der Waals surface area contributed by atoms with Gasteiger partial charge in [0.15, 0.2) is 0 Å². The van der Waals surface area contributed by atoms with Crippen molar-refractivity contribution in [2.45, 2.75) is 32.8 Å². The van der Waals surface area contributed by atoms with Crippen molar-refractivity contribution < 1.29 is 9.90 Å². The first-order chi connectivity index (χ1) is 10.1. The van der Waals surface area contributed by atoms with Crippen molar-refractivity contribution in [1.82, 2.24) is 9.88 Å². The fourth-order valence-corrected chi connectivity index (χ4v) is 2.81. The van der Waals surface area contributed by atoms with Crippen LogP contribution >= 0.6 is 0 Å². The Kier molecular flexibility index (Phi) is 5.02. The van der Waals surface area contributed by atoms with Crippen molar-refractivity contribution >= 4 is 16.8 Å². The third kappa shape index (κ3) is 3.27. The zero-order valence-electron chi connectivity index (χ0n) is 13.0. The summed E-state index contributed by atoms with van der Waals surface area (Å²) in [7, 11) is 1.93. The molecular weight excluding hydrogens is 264 g/mol. The van der Waals surface area contributed by atoms with Gasteiger partial charge in [0.05, 0.1) is 11.7 Å². The zero-order chi connectivity index (χ0) is 15.4. The third-order valence-corrected chi connectivity index (χ3v) is 4.21. The van der Waals surface area contributed by atoms with Crippen LogP contribution in [0.4, 0.5) is 0 Å². The first-order valence-corrected chi connectivity index (χ1v) is 7.58. The molecule has 1 aromatic heterocycles. The summed E-state index contributed by atoms with van der Waals surface area (Å²) in [5.74, 6) is 0.106. The number of benzene rings is 1. The van der Waals surface area contributed by atoms with E-state index in [0.717, 1.165) is 23.7 Å². The fraction of sp³-hybridized carbons (Fsp3) is 0.471. The number of fused-ring (bicyclic) bond motifs is 1. The standard InChI is InChI=1S/C17H24N2O2/c1-4-12(5-2)16(20)10-18-17(21)14-11-19(3)15-9-7-6-8-13(14)15/h6-9,11-12,16,20H,4-5,10H2,1-3H3,(H,18,21). The van der Waals surface area contributed by atoms with E-state index in [1.54, 1.807) is 0 Å². The van der Waals surface area contributed by atoms with Crippen molar-refractivity contribution in [2.24, 2.45) is 13.0 Å². The fourth-order valence-electron chi connectivity index (χ4n) is 2.81. The van der Waals surface area contributed by atoms with Gasteiger partial charge >= 0.3 is 0 Å². The van der Waals surface area contributed by atoms with Gasteiger partial charge in [0, 0.05) is 30.7 Å². The maximum atomic E-state index is 12.3. The monoisotopic (exact) mass is 288 g/mol. The highest BCUT2D eigenvalue weighted by molar-refractivity contribution is 6.06. The number of carbonyl (C=O) groups excluding carboxylic acids is 1. The van der Waals surface area contributed by atoms with Crippen LogP contribution in [0.5, 0.6) is 0 Å². The second-order valence-corrected chi connectivity index (χ2v) is 5.52. The number of aromatic nitrogens is 1. The molecule has 1 atom stereocenters. The van der Waals surface area contributed by atoms with E-state index < -0.39 is 6.10 Å². The van der Waals surface area contributed by atoms with Crippen LogP contribution < -0.4 is 5.32 Å². The third-order valence-electron chi connectivity index (χ3n) is 4.21. The molecule has 21 heavy (non-hydrogen) atoms. The first-order valence-electron chi connectivity index (χ1n) is 7.58. The Balaban J connectivity index is 2.09. The molecule has 2 aromatic rings. The average Bonchev–Trinajstić information content (AvgIpc) is 2.84. The lowest BCUT2D eigenvalue weighted by molar-refractivity contribution is 0.0818. The van der Waals surface area contributed by atoms with E-state index >= 15 is 0 Å². The van der Waals surface area contributed by atoms with Crippen molar-refractivity contribution in [3.8, 4) is 0 Å². The largest absolute Gasteiger partial charge is 0.391 e. The highest BCUT2D eigenvalue weighted by Gasteiger charge is 2.18. The van der Waals surface area contributed by atoms with Gasteiger partial charge in [-0.25, -0.2) is 0 Å². The van der Waals surface area contributed by atoms with E-state index in [9.17, 15) is 9.90 Å². The number of aryl methyl sites for hydroxylation is 1. The molecule has 0 aliphatic rings. The van der Waals surface area contributed by atoms with Crippen molar-refractivity contribution in [3.63, 3.8) is 0 Å². The van der Waals surface area contributed by atoms with Crippen LogP contribution in [0.3, 0.4) is 0 Å². The lowest BCUT2D eigenvalue weighted by Gasteiger charge is -2.20. The molecule has 1 heterocycles. The van der Waals surface area contributed by atoms with Crippen LogP contribution in [0, 0.1) is 5.92 Å². The Morgan fingerprint density at radius 2 is 1.95 bits per heavy atom. The Hall–Kier alpha value is -1.81. The minimum Gasteiger partial charge on any atom is -0.391 e. The quantitative estimate of drug-likeness (QED) is 0.858. The molecule has 2 N–H and O–H groups in total. The lowest BCUT2D eigenvalue weighted by Crippen LogP contribution is -2.36. The van der Waals surface area contributed by atoms with Crippen LogP contribution in [0.15, 0.2) is 30.5 Å². The minimum atomic E-state index is -0.487. The summed E-state index contributed by atoms with van der Waals surface area (Å²) < 4.78 is 1.95. The van der Waals surface area contributed by atoms with Gasteiger partial charge in [-0.05, 0) is 12.0 Å². The number of carbonyl (C=O) groups is 1. The molecule has 0 spiro atoms. The van der Waals surface area contributed by atoms with Gasteiger partial charge in [0.2, 0.25) is 0 Å². The SMILES string of the molecule is CCC(CC)C(O)CNC(=O)c1cn(C)c2ccccc12. The van der Waals surface area contributed by atoms with Gasteiger partial charge < -0.3 is 15.0 Å². The van der Waals surface area contributed by atoms with Gasteiger partial charge in [-0.1, -0.05) is 44.9 Å². The molecular formula is C17H24N2O2. The van der Waals surface area contributed by atoms with E-state index in [-0.39, 0.29) is 11.8 Å². The second-order valence-electron chi connectivity index (χ2n) is 5.52. The van der Waals surface area contributed by atoms with Gasteiger partial charge in [0.1, 0.15) is 0 Å². The van der Waals surface area contributed by atoms with Gasteiger partial charge in [-0.2, -0.15) is 0 Å². The first kappa shape index (κ1) is 15.6. The minimum absolute atomic E-state index is 0.128. The Labute approximate surface area is 125 Å². The van der Waals surface area contributed by atoms with E-state index in [1.807, 2.05) is 42.1 Å². The smallest absolute Gasteiger partial charge is 0.253 e. The van der Waals surface area contributed by atoms with Crippen LogP contribution in [0.25, 0.3) is 10.9 Å². The number of aliphatic hydroxyl groups is 1. The lowest BCUT2D eigenvalue weighted by atomic mass is 9.96. The molecule has 4 nitrogen and oxygen atoms in total. The van der Waals surface area contributed by atoms with Crippen molar-refractivity contribution in [1.29, 1.82) is 0 Å². The van der Waals surface area contributed by atoms with Crippen LogP contribution in [-0.2, 0) is 7.05 Å². The maximum Gasteiger partial charge on any atom is 0.253 e. The molecule has 0 saturated carbocycles. The average molecular weight is 288 g/mol. The molecule has 1 amide bonds. The molecule has 0 saturated heterocycles. The number of nitrogens with zero attached hydrogens (tertiary/aromatic N) is 1. The van der Waals surface area contributed by atoms with Crippen molar-refractivity contribution in [3.05, 3.63) is 36.0 Å². The van der Waals surface area contributed by atoms with Gasteiger partial charge in [0.25, 0.3) is 5.91 Å². The normalized spacial score (nSPS) is 12.8. The number of nitrogens with one attached hydrogen (secondary N) is 1. The predicted octanol–water partition coefficient (Wildman–Crippen LogP) is 2.71. The molecule has 0 aliphatic heterocycles. The maximum absolute atomic E-state index is 12.3. The van der Waals surface area contributed by atoms with Crippen LogP contribution in [0.1, 0.15) is 37.0 Å². The number of hydrogen-bond donors (Lipinski definition) is 2. The summed E-state index contributed by atoms with van der Waals surface area (Å²) >= 11 is 0. The molecule has 4 heteroatoms. The second kappa shape index (κ2) is 6.76. The van der Waals surface area contributed by atoms with Gasteiger partial charge in [-0.15, -0.1) is 0 Å². The summed E-state index contributed by atoms with van der Waals surface area (Å²) in [5, 5.41) is 13.9. The molecule has 0 fully saturated rings. The van der Waals surface area contributed by atoms with E-state index in [1.165, 1.54) is 0 Å². The van der Waals surface area contributed by atoms with E-state index in [0.29, 0.717) is 12.1 Å². The molecule has 0 bridgehead atoms. The van der Waals surface area contributed by atoms with E-state index in [4.69, 9.17) is 0 Å². The molecule has 1 aromatic carbocycles. The summed E-state index contributed by atoms with van der Waals surface area (Å²) in [6, 6.07) is 7.83. The zero-order valence-corrected chi connectivity index (χ0v) is 13.0. The highest BCUT2D eigenvalue weighted by atomic mass is 16.3. The topological polar surface area (TPSA) is 54.3 Å². The molecule has 0 radical (unpaired) electrons. The Morgan fingerprint density at radius 1 is 1.29 bits per heavy atom. The molecule has 1 unspecified atom stereocenters. The summed E-state index contributed by atoms with van der Waals surface area (Å²) in [4.78, 5) is 12.3. The number of rotatable bonds is 6. The predicted molar refractivity (Wildman–Crippen MR) is 85.3 cm³/mol. The highest BCUT2D eigenvalue weighted by Crippen LogP contribution is 2.20. The summed E-state index contributed by atoms with van der Waals surface area (Å²) in [6.07, 6.45) is 3.19.